The van der Waals surface area contributed by atoms with E-state index in [1.54, 1.807) is 11.6 Å². The molecule has 0 saturated carbocycles. The van der Waals surface area contributed by atoms with E-state index < -0.39 is 5.97 Å². The first kappa shape index (κ1) is 7.05. The Bertz CT molecular complexity index is 197. The number of carbonyl (C=O) groups is 1. The van der Waals surface area contributed by atoms with Gasteiger partial charge in [0, 0.05) is 6.92 Å². The summed E-state index contributed by atoms with van der Waals surface area (Å²) < 4.78 is 6.37. The Kier molecular flexibility index (Phi) is 1.61. The van der Waals surface area contributed by atoms with Crippen LogP contribution in [0.15, 0.2) is 0 Å². The number of carboxylic acid groups (broad SMARTS) is 1. The summed E-state index contributed by atoms with van der Waals surface area (Å²) in [6.07, 6.45) is 0. The summed E-state index contributed by atoms with van der Waals surface area (Å²) >= 11 is 0. The number of aliphatic carboxylic acids is 1. The molecular weight excluding hydrogens is 134 g/mol. The van der Waals surface area contributed by atoms with Crippen LogP contribution < -0.4 is 5.11 Å². The van der Waals surface area contributed by atoms with Gasteiger partial charge in [-0.05, 0) is 0 Å². The average molecular weight is 143 g/mol. The van der Waals surface area contributed by atoms with Crippen LogP contribution in [-0.4, -0.2) is 36.1 Å². The Labute approximate surface area is 58.7 Å². The summed E-state index contributed by atoms with van der Waals surface area (Å²) in [7, 11) is 1.67. The first-order valence-electron chi connectivity index (χ1n) is 3.07. The minimum Gasteiger partial charge on any atom is -0.537 e. The molecule has 0 aromatic carbocycles. The van der Waals surface area contributed by atoms with Crippen molar-refractivity contribution in [3.63, 3.8) is 0 Å². The van der Waals surface area contributed by atoms with E-state index in [1.807, 2.05) is 6.92 Å². The summed E-state index contributed by atoms with van der Waals surface area (Å²) in [5.74, 6) is -1.31. The van der Waals surface area contributed by atoms with E-state index in [4.69, 9.17) is 4.74 Å². The molecule has 10 heavy (non-hydrogen) atoms. The van der Waals surface area contributed by atoms with Crippen LogP contribution in [0.1, 0.15) is 6.92 Å². The van der Waals surface area contributed by atoms with Gasteiger partial charge < -0.3 is 14.6 Å². The lowest BCUT2D eigenvalue weighted by Crippen LogP contribution is -2.36. The third-order valence-electron chi connectivity index (χ3n) is 1.62. The lowest BCUT2D eigenvalue weighted by atomic mass is 10.4. The number of likely N-dealkylation sites (N-methyl/N-ethyl adjacent to an activating group) is 1. The van der Waals surface area contributed by atoms with Crippen LogP contribution in [0.2, 0.25) is 0 Å². The first-order chi connectivity index (χ1) is 4.63. The van der Waals surface area contributed by atoms with E-state index in [2.05, 4.69) is 0 Å². The van der Waals surface area contributed by atoms with Gasteiger partial charge in [-0.3, -0.25) is 0 Å². The number of hydrogen-bond acceptors (Lipinski definition) is 3. The maximum absolute atomic E-state index is 10.2. The number of carboxylic acids is 1. The Hall–Kier alpha value is -1.06. The van der Waals surface area contributed by atoms with Crippen molar-refractivity contribution in [2.75, 3.05) is 13.7 Å². The topological polar surface area (TPSA) is 52.4 Å². The van der Waals surface area contributed by atoms with Gasteiger partial charge in [0.1, 0.15) is 7.05 Å². The smallest absolute Gasteiger partial charge is 0.386 e. The highest BCUT2D eigenvalue weighted by Crippen LogP contribution is 2.00. The Morgan fingerprint density at radius 2 is 2.50 bits per heavy atom. The largest absolute Gasteiger partial charge is 0.537 e. The van der Waals surface area contributed by atoms with Gasteiger partial charge in [0.25, 0.3) is 0 Å². The molecule has 0 N–H and O–H groups in total. The lowest BCUT2D eigenvalue weighted by Gasteiger charge is -1.95. The molecule has 0 spiro atoms. The molecule has 1 heterocycles. The van der Waals surface area contributed by atoms with Crippen molar-refractivity contribution in [1.82, 2.24) is 0 Å². The van der Waals surface area contributed by atoms with Crippen molar-refractivity contribution in [3.05, 3.63) is 0 Å². The zero-order valence-corrected chi connectivity index (χ0v) is 5.96. The van der Waals surface area contributed by atoms with Crippen molar-refractivity contribution in [1.29, 1.82) is 0 Å². The molecule has 0 saturated heterocycles. The molecule has 0 fully saturated rings. The van der Waals surface area contributed by atoms with E-state index in [0.29, 0.717) is 6.61 Å². The van der Waals surface area contributed by atoms with Crippen LogP contribution >= 0.6 is 0 Å². The molecule has 1 aliphatic heterocycles. The molecule has 0 aliphatic carbocycles. The SMILES string of the molecule is CC1COC(C(=O)[O-])=[N+]1C. The molecule has 56 valence electrons. The standard InChI is InChI=1S/C6H9NO3/c1-4-3-10-5(6(8)9)7(4)2/h4H,3H2,1-2H3. The highest BCUT2D eigenvalue weighted by Gasteiger charge is 2.28. The van der Waals surface area contributed by atoms with E-state index in [0.717, 1.165) is 0 Å². The normalized spacial score (nSPS) is 24.8. The van der Waals surface area contributed by atoms with Crippen molar-refractivity contribution >= 4 is 11.9 Å². The van der Waals surface area contributed by atoms with Gasteiger partial charge in [-0.15, -0.1) is 0 Å². The quantitative estimate of drug-likeness (QED) is 0.407. The number of rotatable bonds is 1. The zero-order chi connectivity index (χ0) is 7.72. The fourth-order valence-corrected chi connectivity index (χ4v) is 0.816. The summed E-state index contributed by atoms with van der Waals surface area (Å²) in [5.41, 5.74) is 0. The van der Waals surface area contributed by atoms with Crippen molar-refractivity contribution in [3.8, 4) is 0 Å². The van der Waals surface area contributed by atoms with E-state index >= 15 is 0 Å². The number of hydrogen-bond donors (Lipinski definition) is 0. The van der Waals surface area contributed by atoms with Crippen LogP contribution in [0.4, 0.5) is 0 Å². The van der Waals surface area contributed by atoms with Crippen molar-refractivity contribution < 1.29 is 19.2 Å². The van der Waals surface area contributed by atoms with Gasteiger partial charge in [-0.1, -0.05) is 0 Å². The number of nitrogens with zero attached hydrogens (tertiary/aromatic N) is 1. The fourth-order valence-electron chi connectivity index (χ4n) is 0.816. The number of carbonyl (C=O) groups excluding carboxylic acids is 1. The lowest BCUT2D eigenvalue weighted by molar-refractivity contribution is -0.523. The Morgan fingerprint density at radius 1 is 1.90 bits per heavy atom. The summed E-state index contributed by atoms with van der Waals surface area (Å²) in [6.45, 7) is 2.32. The molecule has 1 rings (SSSR count). The third kappa shape index (κ3) is 0.964. The van der Waals surface area contributed by atoms with Gasteiger partial charge in [-0.2, -0.15) is 4.58 Å². The van der Waals surface area contributed by atoms with Crippen LogP contribution in [0.5, 0.6) is 0 Å². The molecule has 0 aromatic rings. The van der Waals surface area contributed by atoms with Crippen LogP contribution in [-0.2, 0) is 9.53 Å². The summed E-state index contributed by atoms with van der Waals surface area (Å²) in [5, 5.41) is 10.2. The van der Waals surface area contributed by atoms with Gasteiger partial charge >= 0.3 is 5.90 Å². The molecule has 1 unspecified atom stereocenters. The highest BCUT2D eigenvalue weighted by atomic mass is 16.5. The molecular formula is C6H9NO3. The minimum absolute atomic E-state index is 0.0625. The predicted octanol–water partition coefficient (Wildman–Crippen LogP) is -1.80. The molecule has 4 nitrogen and oxygen atoms in total. The van der Waals surface area contributed by atoms with Crippen molar-refractivity contribution in [2.45, 2.75) is 13.0 Å². The van der Waals surface area contributed by atoms with Gasteiger partial charge in [0.05, 0.1) is 0 Å². The maximum Gasteiger partial charge on any atom is 0.386 e. The number of ether oxygens (including phenoxy) is 1. The predicted molar refractivity (Wildman–Crippen MR) is 31.6 cm³/mol. The molecule has 0 radical (unpaired) electrons. The molecule has 1 atom stereocenters. The Balaban J connectivity index is 2.85. The van der Waals surface area contributed by atoms with Crippen molar-refractivity contribution in [2.24, 2.45) is 0 Å². The van der Waals surface area contributed by atoms with Gasteiger partial charge in [0.15, 0.2) is 18.6 Å². The van der Waals surface area contributed by atoms with E-state index in [1.165, 1.54) is 0 Å². The second-order valence-corrected chi connectivity index (χ2v) is 2.36. The minimum atomic E-state index is -1.24. The maximum atomic E-state index is 10.2. The molecule has 0 aromatic heterocycles. The van der Waals surface area contributed by atoms with E-state index in [9.17, 15) is 9.90 Å². The zero-order valence-electron chi connectivity index (χ0n) is 5.96. The fraction of sp³-hybridized carbons (Fsp3) is 0.667. The van der Waals surface area contributed by atoms with Gasteiger partial charge in [-0.25, -0.2) is 0 Å². The van der Waals surface area contributed by atoms with Crippen LogP contribution in [0.3, 0.4) is 0 Å². The Morgan fingerprint density at radius 3 is 2.70 bits per heavy atom. The first-order valence-corrected chi connectivity index (χ1v) is 3.07. The second kappa shape index (κ2) is 2.28. The molecule has 0 bridgehead atoms. The molecule has 4 heteroatoms. The third-order valence-corrected chi connectivity index (χ3v) is 1.62. The van der Waals surface area contributed by atoms with Crippen LogP contribution in [0.25, 0.3) is 0 Å². The van der Waals surface area contributed by atoms with Gasteiger partial charge in [0.2, 0.25) is 0 Å². The summed E-state index contributed by atoms with van der Waals surface area (Å²) in [4.78, 5) is 10.2. The average Bonchev–Trinajstić information content (AvgIpc) is 2.14. The highest BCUT2D eigenvalue weighted by molar-refractivity contribution is 6.28. The van der Waals surface area contributed by atoms with E-state index in [-0.39, 0.29) is 11.9 Å². The summed E-state index contributed by atoms with van der Waals surface area (Å²) in [6, 6.07) is 0.132. The molecule has 1 aliphatic rings. The monoisotopic (exact) mass is 143 g/mol. The second-order valence-electron chi connectivity index (χ2n) is 2.36. The molecule has 0 amide bonds. The van der Waals surface area contributed by atoms with Crippen LogP contribution in [0, 0.1) is 0 Å².